The van der Waals surface area contributed by atoms with E-state index >= 15 is 0 Å². The molecule has 6 heteroatoms. The first-order valence-corrected chi connectivity index (χ1v) is 4.33. The van der Waals surface area contributed by atoms with Crippen LogP contribution < -0.4 is 10.1 Å². The summed E-state index contributed by atoms with van der Waals surface area (Å²) in [5, 5.41) is 12.8. The number of rotatable bonds is 3. The number of hydrogen-bond acceptors (Lipinski definition) is 4. The predicted octanol–water partition coefficient (Wildman–Crippen LogP) is 1.70. The van der Waals surface area contributed by atoms with Crippen LogP contribution in [0.15, 0.2) is 24.3 Å². The lowest BCUT2D eigenvalue weighted by molar-refractivity contribution is -0.384. The van der Waals surface area contributed by atoms with E-state index in [-0.39, 0.29) is 11.4 Å². The van der Waals surface area contributed by atoms with Gasteiger partial charge in [-0.25, -0.2) is 4.79 Å². The molecule has 0 saturated carbocycles. The van der Waals surface area contributed by atoms with Crippen LogP contribution >= 0.6 is 0 Å². The number of nitrogens with one attached hydrogen (secondary N) is 1. The first kappa shape index (κ1) is 11.0. The van der Waals surface area contributed by atoms with Gasteiger partial charge >= 0.3 is 6.09 Å². The molecule has 6 nitrogen and oxygen atoms in total. The van der Waals surface area contributed by atoms with Crippen molar-refractivity contribution < 1.29 is 14.5 Å². The Morgan fingerprint density at radius 3 is 2.53 bits per heavy atom. The largest absolute Gasteiger partial charge is 0.412 e. The molecule has 0 aromatic heterocycles. The van der Waals surface area contributed by atoms with Crippen molar-refractivity contribution in [3.63, 3.8) is 0 Å². The molecule has 0 heterocycles. The third-order valence-corrected chi connectivity index (χ3v) is 1.58. The lowest BCUT2D eigenvalue weighted by atomic mass is 10.3. The average Bonchev–Trinajstić information content (AvgIpc) is 2.18. The Morgan fingerprint density at radius 2 is 2.07 bits per heavy atom. The predicted molar refractivity (Wildman–Crippen MR) is 52.8 cm³/mol. The molecule has 0 spiro atoms. The highest BCUT2D eigenvalue weighted by atomic mass is 16.6. The molecule has 0 fully saturated rings. The van der Waals surface area contributed by atoms with Gasteiger partial charge in [-0.2, -0.15) is 0 Å². The molecule has 0 atom stereocenters. The van der Waals surface area contributed by atoms with Gasteiger partial charge in [-0.3, -0.25) is 10.1 Å². The summed E-state index contributed by atoms with van der Waals surface area (Å²) in [5.74, 6) is 0.270. The maximum absolute atomic E-state index is 11.0. The Kier molecular flexibility index (Phi) is 3.61. The van der Waals surface area contributed by atoms with Crippen LogP contribution in [0.3, 0.4) is 0 Å². The number of nitrogens with zero attached hydrogens (tertiary/aromatic N) is 1. The molecule has 80 valence electrons. The third-order valence-electron chi connectivity index (χ3n) is 1.58. The van der Waals surface area contributed by atoms with Gasteiger partial charge in [-0.05, 0) is 19.1 Å². The van der Waals surface area contributed by atoms with E-state index in [4.69, 9.17) is 4.74 Å². The lowest BCUT2D eigenvalue weighted by Gasteiger charge is -2.03. The Morgan fingerprint density at radius 1 is 1.47 bits per heavy atom. The van der Waals surface area contributed by atoms with E-state index in [0.29, 0.717) is 6.54 Å². The molecule has 1 amide bonds. The zero-order chi connectivity index (χ0) is 11.3. The van der Waals surface area contributed by atoms with E-state index in [2.05, 4.69) is 5.32 Å². The summed E-state index contributed by atoms with van der Waals surface area (Å²) in [5.41, 5.74) is -0.0433. The molecule has 1 aromatic carbocycles. The molecule has 15 heavy (non-hydrogen) atoms. The number of ether oxygens (including phenoxy) is 1. The van der Waals surface area contributed by atoms with Crippen LogP contribution in [0.25, 0.3) is 0 Å². The molecule has 0 aliphatic rings. The van der Waals surface area contributed by atoms with E-state index in [1.165, 1.54) is 24.3 Å². The minimum atomic E-state index is -0.577. The van der Waals surface area contributed by atoms with Gasteiger partial charge in [0.15, 0.2) is 0 Å². The van der Waals surface area contributed by atoms with Gasteiger partial charge in [0.2, 0.25) is 0 Å². The van der Waals surface area contributed by atoms with Crippen LogP contribution in [-0.2, 0) is 0 Å². The number of carbonyl (C=O) groups is 1. The topological polar surface area (TPSA) is 81.5 Å². The Bertz CT molecular complexity index is 361. The van der Waals surface area contributed by atoms with Crippen molar-refractivity contribution in [3.05, 3.63) is 34.4 Å². The summed E-state index contributed by atoms with van der Waals surface area (Å²) in [6.45, 7) is 2.23. The fourth-order valence-electron chi connectivity index (χ4n) is 0.923. The molecule has 0 radical (unpaired) electrons. The normalized spacial score (nSPS) is 9.40. The van der Waals surface area contributed by atoms with Gasteiger partial charge in [0.05, 0.1) is 4.92 Å². The molecule has 1 rings (SSSR count). The lowest BCUT2D eigenvalue weighted by Crippen LogP contribution is -2.26. The van der Waals surface area contributed by atoms with E-state index in [9.17, 15) is 14.9 Å². The number of benzene rings is 1. The number of nitro benzene ring substituents is 1. The molecule has 0 aliphatic carbocycles. The SMILES string of the molecule is CCNC(=O)Oc1ccc([N+](=O)[O-])cc1. The van der Waals surface area contributed by atoms with E-state index < -0.39 is 11.0 Å². The summed E-state index contributed by atoms with van der Waals surface area (Å²) >= 11 is 0. The van der Waals surface area contributed by atoms with Crippen molar-refractivity contribution in [1.82, 2.24) is 5.32 Å². The zero-order valence-electron chi connectivity index (χ0n) is 8.10. The van der Waals surface area contributed by atoms with Gasteiger partial charge in [-0.15, -0.1) is 0 Å². The maximum Gasteiger partial charge on any atom is 0.412 e. The minimum Gasteiger partial charge on any atom is -0.410 e. The summed E-state index contributed by atoms with van der Waals surface area (Å²) < 4.78 is 4.82. The molecule has 0 bridgehead atoms. The minimum absolute atomic E-state index is 0.0433. The summed E-state index contributed by atoms with van der Waals surface area (Å²) in [6.07, 6.45) is -0.577. The molecular weight excluding hydrogens is 200 g/mol. The van der Waals surface area contributed by atoms with Crippen LogP contribution in [0, 0.1) is 10.1 Å². The van der Waals surface area contributed by atoms with Crippen LogP contribution in [0.2, 0.25) is 0 Å². The second-order valence-electron chi connectivity index (χ2n) is 2.67. The van der Waals surface area contributed by atoms with Crippen molar-refractivity contribution in [2.75, 3.05) is 6.54 Å². The average molecular weight is 210 g/mol. The van der Waals surface area contributed by atoms with Crippen molar-refractivity contribution in [1.29, 1.82) is 0 Å². The number of nitro groups is 1. The molecule has 1 N–H and O–H groups in total. The summed E-state index contributed by atoms with van der Waals surface area (Å²) in [7, 11) is 0. The second kappa shape index (κ2) is 4.94. The van der Waals surface area contributed by atoms with Crippen LogP contribution in [0.5, 0.6) is 5.75 Å². The quantitative estimate of drug-likeness (QED) is 0.608. The van der Waals surface area contributed by atoms with Crippen LogP contribution in [0.4, 0.5) is 10.5 Å². The van der Waals surface area contributed by atoms with Crippen molar-refractivity contribution in [2.45, 2.75) is 6.92 Å². The molecule has 0 unspecified atom stereocenters. The van der Waals surface area contributed by atoms with Crippen molar-refractivity contribution in [3.8, 4) is 5.75 Å². The monoisotopic (exact) mass is 210 g/mol. The Labute approximate surface area is 86.0 Å². The molecule has 0 aliphatic heterocycles. The number of amides is 1. The number of hydrogen-bond donors (Lipinski definition) is 1. The number of non-ortho nitro benzene ring substituents is 1. The number of carbonyl (C=O) groups excluding carboxylic acids is 1. The standard InChI is InChI=1S/C9H10N2O4/c1-2-10-9(12)15-8-5-3-7(4-6-8)11(13)14/h3-6H,2H2,1H3,(H,10,12). The fourth-order valence-corrected chi connectivity index (χ4v) is 0.923. The Hall–Kier alpha value is -2.11. The van der Waals surface area contributed by atoms with Gasteiger partial charge in [-0.1, -0.05) is 0 Å². The van der Waals surface area contributed by atoms with Crippen LogP contribution in [-0.4, -0.2) is 17.6 Å². The van der Waals surface area contributed by atoms with Crippen molar-refractivity contribution in [2.24, 2.45) is 0 Å². The van der Waals surface area contributed by atoms with Gasteiger partial charge in [0.1, 0.15) is 5.75 Å². The van der Waals surface area contributed by atoms with Crippen LogP contribution in [0.1, 0.15) is 6.92 Å². The fraction of sp³-hybridized carbons (Fsp3) is 0.222. The Balaban J connectivity index is 2.64. The first-order valence-electron chi connectivity index (χ1n) is 4.33. The van der Waals surface area contributed by atoms with Gasteiger partial charge in [0.25, 0.3) is 5.69 Å². The first-order chi connectivity index (χ1) is 7.13. The molecule has 1 aromatic rings. The van der Waals surface area contributed by atoms with E-state index in [1.807, 2.05) is 0 Å². The summed E-state index contributed by atoms with van der Waals surface area (Å²) in [6, 6.07) is 5.28. The zero-order valence-corrected chi connectivity index (χ0v) is 8.10. The third kappa shape index (κ3) is 3.26. The van der Waals surface area contributed by atoms with E-state index in [1.54, 1.807) is 6.92 Å². The smallest absolute Gasteiger partial charge is 0.410 e. The summed E-state index contributed by atoms with van der Waals surface area (Å²) in [4.78, 5) is 20.8. The highest BCUT2D eigenvalue weighted by molar-refractivity contribution is 5.70. The highest BCUT2D eigenvalue weighted by Crippen LogP contribution is 2.17. The molecular formula is C9H10N2O4. The van der Waals surface area contributed by atoms with E-state index in [0.717, 1.165) is 0 Å². The van der Waals surface area contributed by atoms with Gasteiger partial charge < -0.3 is 10.1 Å². The highest BCUT2D eigenvalue weighted by Gasteiger charge is 2.06. The second-order valence-corrected chi connectivity index (χ2v) is 2.67. The van der Waals surface area contributed by atoms with Gasteiger partial charge in [0, 0.05) is 18.7 Å². The maximum atomic E-state index is 11.0. The van der Waals surface area contributed by atoms with Crippen molar-refractivity contribution >= 4 is 11.8 Å². The molecule has 0 saturated heterocycles.